The summed E-state index contributed by atoms with van der Waals surface area (Å²) in [4.78, 5) is 23.2. The van der Waals surface area contributed by atoms with Crippen LogP contribution in [-0.4, -0.2) is 41.6 Å². The highest BCUT2D eigenvalue weighted by Gasteiger charge is 2.14. The van der Waals surface area contributed by atoms with Crippen molar-refractivity contribution in [2.24, 2.45) is 0 Å². The van der Waals surface area contributed by atoms with Crippen LogP contribution in [-0.2, 0) is 4.79 Å². The Morgan fingerprint density at radius 2 is 2.07 bits per heavy atom. The summed E-state index contributed by atoms with van der Waals surface area (Å²) in [5.74, 6) is -1.01. The molecule has 0 aliphatic rings. The fourth-order valence-corrected chi connectivity index (χ4v) is 1.02. The maximum atomic E-state index is 11.5. The number of nitrogens with zero attached hydrogens (tertiary/aromatic N) is 1. The molecule has 0 unspecified atom stereocenters. The number of hydrogen-bond acceptors (Lipinski definition) is 2. The van der Waals surface area contributed by atoms with Gasteiger partial charge >= 0.3 is 12.0 Å². The number of amides is 2. The van der Waals surface area contributed by atoms with Crippen LogP contribution in [0.15, 0.2) is 12.2 Å². The molecule has 15 heavy (non-hydrogen) atoms. The summed E-state index contributed by atoms with van der Waals surface area (Å²) in [5.41, 5.74) is 0.829. The Hall–Kier alpha value is -1.52. The normalized spacial score (nSPS) is 9.47. The van der Waals surface area contributed by atoms with E-state index >= 15 is 0 Å². The van der Waals surface area contributed by atoms with Gasteiger partial charge in [0.1, 0.15) is 6.54 Å². The van der Waals surface area contributed by atoms with Crippen LogP contribution in [0.4, 0.5) is 4.79 Å². The molecule has 5 heteroatoms. The fraction of sp³-hybridized carbons (Fsp3) is 0.600. The fourth-order valence-electron chi connectivity index (χ4n) is 1.02. The molecule has 0 aromatic rings. The van der Waals surface area contributed by atoms with Crippen LogP contribution < -0.4 is 5.32 Å². The summed E-state index contributed by atoms with van der Waals surface area (Å²) in [6.45, 7) is 7.87. The second-order valence-corrected chi connectivity index (χ2v) is 3.43. The van der Waals surface area contributed by atoms with Crippen LogP contribution in [0, 0.1) is 0 Å². The van der Waals surface area contributed by atoms with Crippen LogP contribution >= 0.6 is 0 Å². The number of hydrogen-bond donors (Lipinski definition) is 2. The number of carboxylic acid groups (broad SMARTS) is 1. The molecule has 0 fully saturated rings. The highest BCUT2D eigenvalue weighted by Crippen LogP contribution is 1.93. The van der Waals surface area contributed by atoms with Crippen LogP contribution in [0.1, 0.15) is 20.3 Å². The molecule has 0 saturated heterocycles. The summed E-state index contributed by atoms with van der Waals surface area (Å²) >= 11 is 0. The number of carbonyl (C=O) groups excluding carboxylic acids is 1. The van der Waals surface area contributed by atoms with E-state index in [0.717, 1.165) is 12.0 Å². The molecular formula is C10H18N2O3. The predicted octanol–water partition coefficient (Wildman–Crippen LogP) is 1.07. The molecule has 0 atom stereocenters. The first-order chi connectivity index (χ1) is 6.97. The summed E-state index contributed by atoms with van der Waals surface area (Å²) < 4.78 is 0. The smallest absolute Gasteiger partial charge is 0.323 e. The summed E-state index contributed by atoms with van der Waals surface area (Å²) in [6, 6.07) is -0.359. The number of nitrogens with one attached hydrogen (secondary N) is 1. The van der Waals surface area contributed by atoms with Crippen LogP contribution in [0.25, 0.3) is 0 Å². The summed E-state index contributed by atoms with van der Waals surface area (Å²) in [6.07, 6.45) is 0.730. The lowest BCUT2D eigenvalue weighted by Gasteiger charge is -2.20. The van der Waals surface area contributed by atoms with Crippen molar-refractivity contribution in [1.29, 1.82) is 0 Å². The first kappa shape index (κ1) is 13.5. The lowest BCUT2D eigenvalue weighted by molar-refractivity contribution is -0.137. The van der Waals surface area contributed by atoms with Gasteiger partial charge in [-0.1, -0.05) is 19.1 Å². The SMILES string of the molecule is C=C(C)CNC(=O)N(CCC)CC(=O)O. The molecule has 0 aliphatic heterocycles. The molecule has 0 aromatic heterocycles. The Morgan fingerprint density at radius 1 is 1.47 bits per heavy atom. The van der Waals surface area contributed by atoms with E-state index in [1.54, 1.807) is 6.92 Å². The minimum absolute atomic E-state index is 0.268. The van der Waals surface area contributed by atoms with Crippen molar-refractivity contribution in [1.82, 2.24) is 10.2 Å². The first-order valence-corrected chi connectivity index (χ1v) is 4.86. The third kappa shape index (κ3) is 6.54. The van der Waals surface area contributed by atoms with Gasteiger partial charge in [-0.05, 0) is 13.3 Å². The van der Waals surface area contributed by atoms with Crippen molar-refractivity contribution >= 4 is 12.0 Å². The van der Waals surface area contributed by atoms with E-state index in [1.807, 2.05) is 6.92 Å². The molecule has 2 N–H and O–H groups in total. The minimum atomic E-state index is -1.01. The molecule has 5 nitrogen and oxygen atoms in total. The van der Waals surface area contributed by atoms with Gasteiger partial charge < -0.3 is 15.3 Å². The minimum Gasteiger partial charge on any atom is -0.480 e. The predicted molar refractivity (Wildman–Crippen MR) is 57.7 cm³/mol. The maximum Gasteiger partial charge on any atom is 0.323 e. The van der Waals surface area contributed by atoms with Gasteiger partial charge in [-0.3, -0.25) is 4.79 Å². The van der Waals surface area contributed by atoms with E-state index in [9.17, 15) is 9.59 Å². The second kappa shape index (κ2) is 6.86. The van der Waals surface area contributed by atoms with Gasteiger partial charge in [0.15, 0.2) is 0 Å². The van der Waals surface area contributed by atoms with E-state index in [4.69, 9.17) is 5.11 Å². The van der Waals surface area contributed by atoms with Gasteiger partial charge in [0.2, 0.25) is 0 Å². The van der Waals surface area contributed by atoms with E-state index in [0.29, 0.717) is 13.1 Å². The number of aliphatic carboxylic acids is 1. The summed E-state index contributed by atoms with van der Waals surface area (Å²) in [5, 5.41) is 11.2. The van der Waals surface area contributed by atoms with Crippen LogP contribution in [0.2, 0.25) is 0 Å². The van der Waals surface area contributed by atoms with Crippen molar-refractivity contribution < 1.29 is 14.7 Å². The molecule has 0 heterocycles. The van der Waals surface area contributed by atoms with Crippen molar-refractivity contribution in [2.75, 3.05) is 19.6 Å². The molecule has 2 amide bonds. The topological polar surface area (TPSA) is 69.6 Å². The maximum absolute atomic E-state index is 11.5. The van der Waals surface area contributed by atoms with Gasteiger partial charge in [-0.2, -0.15) is 0 Å². The average Bonchev–Trinajstić information content (AvgIpc) is 2.12. The van der Waals surface area contributed by atoms with Crippen LogP contribution in [0.3, 0.4) is 0 Å². The highest BCUT2D eigenvalue weighted by atomic mass is 16.4. The van der Waals surface area contributed by atoms with Crippen molar-refractivity contribution in [3.05, 3.63) is 12.2 Å². The number of rotatable bonds is 6. The third-order valence-electron chi connectivity index (χ3n) is 1.65. The molecule has 0 rings (SSSR count). The largest absolute Gasteiger partial charge is 0.480 e. The molecule has 0 aliphatic carbocycles. The van der Waals surface area contributed by atoms with Crippen molar-refractivity contribution in [3.8, 4) is 0 Å². The van der Waals surface area contributed by atoms with E-state index in [1.165, 1.54) is 4.90 Å². The number of carbonyl (C=O) groups is 2. The van der Waals surface area contributed by atoms with Crippen LogP contribution in [0.5, 0.6) is 0 Å². The Balaban J connectivity index is 4.15. The average molecular weight is 214 g/mol. The quantitative estimate of drug-likeness (QED) is 0.650. The van der Waals surface area contributed by atoms with E-state index in [-0.39, 0.29) is 12.6 Å². The standard InChI is InChI=1S/C10H18N2O3/c1-4-5-12(7-9(13)14)10(15)11-6-8(2)3/h2,4-7H2,1,3H3,(H,11,15)(H,13,14). The zero-order chi connectivity index (χ0) is 11.8. The molecule has 0 aromatic carbocycles. The summed E-state index contributed by atoms with van der Waals surface area (Å²) in [7, 11) is 0. The molecule has 86 valence electrons. The first-order valence-electron chi connectivity index (χ1n) is 4.86. The second-order valence-electron chi connectivity index (χ2n) is 3.43. The lowest BCUT2D eigenvalue weighted by Crippen LogP contribution is -2.43. The van der Waals surface area contributed by atoms with E-state index < -0.39 is 5.97 Å². The Kier molecular flexibility index (Phi) is 6.17. The van der Waals surface area contributed by atoms with Gasteiger partial charge in [0, 0.05) is 13.1 Å². The number of carboxylic acids is 1. The van der Waals surface area contributed by atoms with Gasteiger partial charge in [0.25, 0.3) is 0 Å². The van der Waals surface area contributed by atoms with E-state index in [2.05, 4.69) is 11.9 Å². The molecule has 0 spiro atoms. The Morgan fingerprint density at radius 3 is 2.47 bits per heavy atom. The third-order valence-corrected chi connectivity index (χ3v) is 1.65. The molecule has 0 bridgehead atoms. The zero-order valence-corrected chi connectivity index (χ0v) is 9.25. The van der Waals surface area contributed by atoms with Crippen molar-refractivity contribution in [3.63, 3.8) is 0 Å². The molecular weight excluding hydrogens is 196 g/mol. The zero-order valence-electron chi connectivity index (χ0n) is 9.25. The monoisotopic (exact) mass is 214 g/mol. The van der Waals surface area contributed by atoms with Gasteiger partial charge in [-0.15, -0.1) is 0 Å². The molecule has 0 radical (unpaired) electrons. The van der Waals surface area contributed by atoms with Gasteiger partial charge in [-0.25, -0.2) is 4.79 Å². The highest BCUT2D eigenvalue weighted by molar-refractivity contribution is 5.80. The molecule has 0 saturated carbocycles. The lowest BCUT2D eigenvalue weighted by atomic mass is 10.3. The Labute approximate surface area is 89.8 Å². The number of urea groups is 1. The van der Waals surface area contributed by atoms with Gasteiger partial charge in [0.05, 0.1) is 0 Å². The Bertz CT molecular complexity index is 251. The van der Waals surface area contributed by atoms with Crippen molar-refractivity contribution in [2.45, 2.75) is 20.3 Å².